The number of fused-ring (bicyclic) bond motifs is 15. The van der Waals surface area contributed by atoms with Crippen LogP contribution in [-0.2, 0) is 124 Å². The summed E-state index contributed by atoms with van der Waals surface area (Å²) in [4.78, 5) is 121. The molecule has 22 nitrogen and oxygen atoms in total. The summed E-state index contributed by atoms with van der Waals surface area (Å²) < 4.78 is 32.9. The van der Waals surface area contributed by atoms with Crippen LogP contribution in [0.5, 0.6) is 11.5 Å². The average molecular weight is 2090 g/mol. The Kier molecular flexibility index (Phi) is 33.4. The van der Waals surface area contributed by atoms with E-state index in [1.807, 2.05) is 211 Å². The standard InChI is InChI=1S/C26H31NO3S.C25H29NO3S.C24H27NO3S.C23H29N3O2S.C23H27N3O2S/c1-14-11-12-17(19(29)13-14)22-21(24(16(3)28)30-26(4,5)6)15(2)27-25-23(22)18-9-7-8-10-20(18)31-25;1-14-20(23(15(2)27)29-25(3,4)5)21(16-9-8-10-17(28)13-16)22-18-11-6-7-12-19(18)30-24(22)26-14;1-5-28-23(15(4)26)20-14(3)25-24-22(17-8-6-7-9-19(17)29-24)21(20)16-11-10-13(2)12-18(16)27;1-13-18(21(14(2)27)28-23(3,4)5)20(16-11-12-24-26(16)6)19-15-9-7-8-10-17(15)29-22(19)25-13;1-13-18(21(14(2)27)28-23(3,4)5)19(15-10-24-12-25-11-15)20-16-8-6-7-9-17(16)29-22(20)26-13/h11-13,24,29H,7-10H2,1-6H3;8-9,13,23H,6-7,10-12H2,1-5H3;10-12,23,27H,5-9H2,1-4H3;11-12,21H,7-10H2,1-6H3;10-12,21H,6-9H2,1-5H3. The quantitative estimate of drug-likeness (QED) is 0.0675. The van der Waals surface area contributed by atoms with Crippen molar-refractivity contribution in [3.05, 3.63) is 211 Å². The molecule has 0 saturated heterocycles. The number of aromatic hydroxyl groups is 2. The zero-order valence-corrected chi connectivity index (χ0v) is 95.1. The molecule has 0 aliphatic heterocycles. The van der Waals surface area contributed by atoms with Crippen LogP contribution in [0.15, 0.2) is 85.6 Å². The van der Waals surface area contributed by atoms with Gasteiger partial charge in [-0.2, -0.15) is 5.10 Å². The van der Waals surface area contributed by atoms with Gasteiger partial charge >= 0.3 is 0 Å². The van der Waals surface area contributed by atoms with Gasteiger partial charge in [-0.3, -0.25) is 33.4 Å². The number of ether oxygens (including phenoxy) is 5. The average Bonchev–Trinajstić information content (AvgIpc) is 1.58. The maximum absolute atomic E-state index is 12.8. The maximum atomic E-state index is 12.8. The van der Waals surface area contributed by atoms with Gasteiger partial charge in [0.25, 0.3) is 0 Å². The molecule has 6 aliphatic carbocycles. The van der Waals surface area contributed by atoms with Crippen LogP contribution in [0.25, 0.3) is 101 Å². The molecule has 0 saturated carbocycles. The van der Waals surface area contributed by atoms with Crippen molar-refractivity contribution < 1.29 is 62.7 Å². The Morgan fingerprint density at radius 3 is 0.980 bits per heavy atom. The Hall–Kier alpha value is -10.8. The summed E-state index contributed by atoms with van der Waals surface area (Å²) in [7, 11) is 1.95. The van der Waals surface area contributed by atoms with Crippen LogP contribution in [0.2, 0.25) is 0 Å². The molecule has 0 fully saturated rings. The van der Waals surface area contributed by atoms with Gasteiger partial charge in [0.2, 0.25) is 0 Å². The number of rotatable bonds is 21. The number of ketones is 6. The van der Waals surface area contributed by atoms with Gasteiger partial charge in [-0.15, -0.1) is 56.7 Å². The third kappa shape index (κ3) is 23.6. The molecule has 14 aromatic rings. The van der Waals surface area contributed by atoms with E-state index in [1.165, 1.54) is 109 Å². The second-order valence-corrected chi connectivity index (χ2v) is 49.8. The van der Waals surface area contributed by atoms with Gasteiger partial charge in [-0.05, 0) is 370 Å². The van der Waals surface area contributed by atoms with Crippen LogP contribution in [0.3, 0.4) is 0 Å². The Balaban J connectivity index is 0.000000132. The number of thiophene rings is 5. The third-order valence-corrected chi connectivity index (χ3v) is 34.0. The predicted molar refractivity (Wildman–Crippen MR) is 601 cm³/mol. The molecule has 0 spiro atoms. The second kappa shape index (κ2) is 45.0. The van der Waals surface area contributed by atoms with E-state index in [2.05, 4.69) is 15.1 Å². The Bertz CT molecular complexity index is 7580. The summed E-state index contributed by atoms with van der Waals surface area (Å²) in [6.07, 6.45) is 32.0. The van der Waals surface area contributed by atoms with E-state index < -0.39 is 52.9 Å². The van der Waals surface area contributed by atoms with E-state index in [0.29, 0.717) is 13.0 Å². The minimum atomic E-state index is -0.744. The van der Waals surface area contributed by atoms with Gasteiger partial charge in [-0.1, -0.05) is 36.4 Å². The minimum absolute atomic E-state index is 0.00306. The first kappa shape index (κ1) is 110. The van der Waals surface area contributed by atoms with E-state index in [4.69, 9.17) is 48.6 Å². The van der Waals surface area contributed by atoms with E-state index in [0.717, 1.165) is 252 Å². The van der Waals surface area contributed by atoms with E-state index in [1.54, 1.807) is 110 Å². The van der Waals surface area contributed by atoms with Crippen molar-refractivity contribution in [2.45, 2.75) is 361 Å². The van der Waals surface area contributed by atoms with Gasteiger partial charge < -0.3 is 33.9 Å². The largest absolute Gasteiger partial charge is 0.507 e. The fraction of sp³-hybridized carbons (Fsp3) is 0.471. The molecule has 12 aromatic heterocycles. The zero-order valence-electron chi connectivity index (χ0n) is 91.0. The molecule has 5 unspecified atom stereocenters. The van der Waals surface area contributed by atoms with Crippen LogP contribution in [-0.4, -0.2) is 119 Å². The molecule has 20 rings (SSSR count). The third-order valence-electron chi connectivity index (χ3n) is 28.0. The number of carbonyl (C=O) groups is 6. The number of phenolic OH excluding ortho intramolecular Hbond substituents is 2. The number of hydrogen-bond acceptors (Lipinski definition) is 26. The van der Waals surface area contributed by atoms with Crippen molar-refractivity contribution in [3.63, 3.8) is 0 Å². The second-order valence-electron chi connectivity index (χ2n) is 44.4. The molecule has 5 atom stereocenters. The van der Waals surface area contributed by atoms with Crippen molar-refractivity contribution in [2.24, 2.45) is 7.05 Å². The highest BCUT2D eigenvalue weighted by Crippen LogP contribution is 2.55. The number of aryl methyl sites for hydroxylation is 18. The molecule has 0 radical (unpaired) electrons. The number of hydrogen-bond donors (Lipinski definition) is 2. The number of carbonyl (C=O) groups excluding carboxylic acids is 6. The fourth-order valence-electron chi connectivity index (χ4n) is 22.0. The molecule has 0 amide bonds. The van der Waals surface area contributed by atoms with Crippen LogP contribution in [0.4, 0.5) is 0 Å². The lowest BCUT2D eigenvalue weighted by molar-refractivity contribution is -0.139. The smallest absolute Gasteiger partial charge is 0.163 e. The molecule has 2 aromatic carbocycles. The van der Waals surface area contributed by atoms with Crippen LogP contribution < -0.4 is 0 Å². The number of benzene rings is 2. The van der Waals surface area contributed by atoms with Crippen LogP contribution in [0, 0.1) is 48.5 Å². The van der Waals surface area contributed by atoms with Crippen molar-refractivity contribution in [1.29, 1.82) is 0 Å². The Labute approximate surface area is 890 Å². The van der Waals surface area contributed by atoms with Crippen LogP contribution in [0.1, 0.15) is 351 Å². The van der Waals surface area contributed by atoms with Crippen molar-refractivity contribution in [3.8, 4) is 56.1 Å². The van der Waals surface area contributed by atoms with Gasteiger partial charge in [0.05, 0.1) is 28.1 Å². The van der Waals surface area contributed by atoms with E-state index >= 15 is 0 Å². The summed E-state index contributed by atoms with van der Waals surface area (Å²) in [6.45, 7) is 47.6. The summed E-state index contributed by atoms with van der Waals surface area (Å²) in [6, 6.07) is 13.5. The molecule has 6 aliphatic rings. The minimum Gasteiger partial charge on any atom is -0.507 e. The highest BCUT2D eigenvalue weighted by Gasteiger charge is 2.41. The highest BCUT2D eigenvalue weighted by molar-refractivity contribution is 7.20. The van der Waals surface area contributed by atoms with Crippen molar-refractivity contribution in [2.75, 3.05) is 6.61 Å². The fourth-order valence-corrected chi connectivity index (χ4v) is 28.6. The van der Waals surface area contributed by atoms with E-state index in [9.17, 15) is 39.0 Å². The molecular weight excluding hydrogens is 1950 g/mol. The SMILES string of the molecule is CC(=O)C(OC(C)(C)C)c1c(C)nc2sc3c(c2c1-c1ccc(C)cc1O)CCCC3.CC(=O)C(OC(C)(C)C)c1c(C)nc2sc3c(c2c1-c1ccnn1C)CCCC3.CC(=O)C(OC(C)(C)C)c1c(C)nc2sc3c(c2c1-c1cncnc1)CCCC3.CC(=O)C(OC(C)(C)C)c1c(C)nc2sc3c(c2c1C1=CC(=O)CC=C1)CCCC3.CCOC(C(C)=O)c1c(C)nc2sc3c(c2c1-c1ccc(C)cc1O)CCCC3. The number of allylic oxidation sites excluding steroid dienone is 4. The first-order chi connectivity index (χ1) is 70.1. The molecule has 2 N–H and O–H groups in total. The summed E-state index contributed by atoms with van der Waals surface area (Å²) >= 11 is 8.87. The summed E-state index contributed by atoms with van der Waals surface area (Å²) in [5, 5.41) is 31.9. The molecule has 780 valence electrons. The van der Waals surface area contributed by atoms with Gasteiger partial charge in [-0.25, -0.2) is 34.9 Å². The Morgan fingerprint density at radius 1 is 0.392 bits per heavy atom. The first-order valence-electron chi connectivity index (χ1n) is 52.4. The summed E-state index contributed by atoms with van der Waals surface area (Å²) in [5.74, 6) is 0.356. The van der Waals surface area contributed by atoms with Crippen molar-refractivity contribution in [1.82, 2.24) is 44.7 Å². The molecule has 0 bridgehead atoms. The lowest BCUT2D eigenvalue weighted by atomic mass is 9.85. The molecular formula is C121H143N9O13S5. The monoisotopic (exact) mass is 2090 g/mol. The number of nitrogens with zero attached hydrogens (tertiary/aromatic N) is 9. The molecule has 148 heavy (non-hydrogen) atoms. The predicted octanol–water partition coefficient (Wildman–Crippen LogP) is 29.0. The van der Waals surface area contributed by atoms with Crippen molar-refractivity contribution >= 4 is 148 Å². The zero-order chi connectivity index (χ0) is 107. The van der Waals surface area contributed by atoms with E-state index in [-0.39, 0.29) is 46.2 Å². The first-order valence-corrected chi connectivity index (χ1v) is 56.5. The number of pyridine rings is 5. The topological polar surface area (TPSA) is 297 Å². The maximum Gasteiger partial charge on any atom is 0.163 e. The number of phenols is 2. The lowest BCUT2D eigenvalue weighted by Crippen LogP contribution is -2.28. The lowest BCUT2D eigenvalue weighted by Gasteiger charge is -2.29. The van der Waals surface area contributed by atoms with Gasteiger partial charge in [0, 0.05) is 191 Å². The van der Waals surface area contributed by atoms with Gasteiger partial charge in [0.1, 0.15) is 72.5 Å². The van der Waals surface area contributed by atoms with Crippen LogP contribution >= 0.6 is 56.7 Å². The summed E-state index contributed by atoms with van der Waals surface area (Å²) in [5.41, 5.74) is 24.2. The molecule has 12 heterocycles. The van der Waals surface area contributed by atoms with Gasteiger partial charge in [0.15, 0.2) is 34.7 Å². The normalized spacial score (nSPS) is 15.7. The number of Topliss-reactive ketones (excluding diaryl/α,β-unsaturated/α-hetero) is 5. The number of aromatic nitrogens is 9. The molecule has 27 heteroatoms. The highest BCUT2D eigenvalue weighted by atomic mass is 32.1. The Morgan fingerprint density at radius 2 is 0.682 bits per heavy atom.